The molecule has 0 aromatic carbocycles. The summed E-state index contributed by atoms with van der Waals surface area (Å²) in [6.45, 7) is 8.38. The normalized spacial score (nSPS) is 27.9. The van der Waals surface area contributed by atoms with E-state index in [4.69, 9.17) is 9.84 Å². The molecule has 2 aliphatic rings. The van der Waals surface area contributed by atoms with Gasteiger partial charge in [0.2, 0.25) is 0 Å². The van der Waals surface area contributed by atoms with Gasteiger partial charge in [-0.1, -0.05) is 0 Å². The van der Waals surface area contributed by atoms with Gasteiger partial charge in [0.05, 0.1) is 5.92 Å². The lowest BCUT2D eigenvalue weighted by atomic mass is 9.89. The molecule has 2 aliphatic heterocycles. The Hall–Kier alpha value is -1.30. The van der Waals surface area contributed by atoms with Crippen LogP contribution in [0.3, 0.4) is 0 Å². The predicted octanol–water partition coefficient (Wildman–Crippen LogP) is 1.40. The summed E-state index contributed by atoms with van der Waals surface area (Å²) in [5.74, 6) is -1.01. The van der Waals surface area contributed by atoms with E-state index in [1.165, 1.54) is 0 Å². The Kier molecular flexibility index (Phi) is 4.22. The topological polar surface area (TPSA) is 70.1 Å². The quantitative estimate of drug-likeness (QED) is 0.788. The Labute approximate surface area is 119 Å². The monoisotopic (exact) mass is 284 g/mol. The Morgan fingerprint density at radius 2 is 1.90 bits per heavy atom. The number of fused-ring (bicyclic) bond motifs is 1. The second-order valence-electron chi connectivity index (χ2n) is 6.68. The fraction of sp³-hybridized carbons (Fsp3) is 0.857. The molecular formula is C14H24N2O4. The summed E-state index contributed by atoms with van der Waals surface area (Å²) >= 11 is 0. The Balaban J connectivity index is 1.94. The molecule has 2 atom stereocenters. The van der Waals surface area contributed by atoms with Crippen molar-refractivity contribution in [2.24, 2.45) is 5.92 Å². The molecule has 0 radical (unpaired) electrons. The van der Waals surface area contributed by atoms with E-state index < -0.39 is 11.6 Å². The molecule has 2 rings (SSSR count). The van der Waals surface area contributed by atoms with Crippen molar-refractivity contribution in [2.45, 2.75) is 45.3 Å². The molecule has 1 amide bonds. The van der Waals surface area contributed by atoms with Gasteiger partial charge in [-0.15, -0.1) is 0 Å². The van der Waals surface area contributed by atoms with E-state index in [2.05, 4.69) is 4.90 Å². The third-order valence-corrected chi connectivity index (χ3v) is 3.93. The van der Waals surface area contributed by atoms with Gasteiger partial charge in [0, 0.05) is 25.7 Å². The third kappa shape index (κ3) is 3.62. The van der Waals surface area contributed by atoms with Crippen LogP contribution >= 0.6 is 0 Å². The molecule has 0 saturated carbocycles. The molecule has 114 valence electrons. The van der Waals surface area contributed by atoms with Gasteiger partial charge in [0.25, 0.3) is 0 Å². The second-order valence-corrected chi connectivity index (χ2v) is 6.68. The Morgan fingerprint density at radius 1 is 1.20 bits per heavy atom. The first kappa shape index (κ1) is 15.1. The minimum atomic E-state index is -0.723. The highest BCUT2D eigenvalue weighted by Crippen LogP contribution is 2.26. The number of nitrogens with zero attached hydrogens (tertiary/aromatic N) is 2. The SMILES string of the molecule is CC(C)(C)OC(=O)N1CCN2CC[C@H](C(=O)O)C[C@H]2C1. The van der Waals surface area contributed by atoms with Crippen LogP contribution in [0.5, 0.6) is 0 Å². The van der Waals surface area contributed by atoms with Gasteiger partial charge in [0.1, 0.15) is 5.60 Å². The van der Waals surface area contributed by atoms with Crippen LogP contribution in [0, 0.1) is 5.92 Å². The molecular weight excluding hydrogens is 260 g/mol. The highest BCUT2D eigenvalue weighted by Gasteiger charge is 2.37. The Bertz CT molecular complexity index is 391. The number of carboxylic acids is 1. The van der Waals surface area contributed by atoms with Crippen LogP contribution in [0.4, 0.5) is 4.79 Å². The largest absolute Gasteiger partial charge is 0.481 e. The second kappa shape index (κ2) is 5.60. The predicted molar refractivity (Wildman–Crippen MR) is 73.5 cm³/mol. The molecule has 0 aromatic heterocycles. The third-order valence-electron chi connectivity index (χ3n) is 3.93. The highest BCUT2D eigenvalue weighted by molar-refractivity contribution is 5.70. The molecule has 0 bridgehead atoms. The van der Waals surface area contributed by atoms with Crippen LogP contribution in [0.25, 0.3) is 0 Å². The smallest absolute Gasteiger partial charge is 0.410 e. The molecule has 6 nitrogen and oxygen atoms in total. The van der Waals surface area contributed by atoms with Crippen molar-refractivity contribution < 1.29 is 19.4 Å². The maximum absolute atomic E-state index is 12.1. The fourth-order valence-corrected chi connectivity index (χ4v) is 2.90. The van der Waals surface area contributed by atoms with Crippen molar-refractivity contribution in [3.8, 4) is 0 Å². The number of piperidine rings is 1. The van der Waals surface area contributed by atoms with E-state index in [0.717, 1.165) is 13.1 Å². The number of carbonyl (C=O) groups excluding carboxylic acids is 1. The molecule has 0 aliphatic carbocycles. The summed E-state index contributed by atoms with van der Waals surface area (Å²) in [4.78, 5) is 27.2. The minimum Gasteiger partial charge on any atom is -0.481 e. The number of amides is 1. The number of hydrogen-bond donors (Lipinski definition) is 1. The molecule has 20 heavy (non-hydrogen) atoms. The lowest BCUT2D eigenvalue weighted by molar-refractivity contribution is -0.144. The number of carboxylic acid groups (broad SMARTS) is 1. The first-order valence-corrected chi connectivity index (χ1v) is 7.21. The zero-order chi connectivity index (χ0) is 14.9. The average Bonchev–Trinajstić information content (AvgIpc) is 2.35. The number of ether oxygens (including phenoxy) is 1. The number of aliphatic carboxylic acids is 1. The average molecular weight is 284 g/mol. The molecule has 0 unspecified atom stereocenters. The van der Waals surface area contributed by atoms with E-state index in [9.17, 15) is 9.59 Å². The molecule has 0 spiro atoms. The summed E-state index contributed by atoms with van der Waals surface area (Å²) in [5.41, 5.74) is -0.496. The summed E-state index contributed by atoms with van der Waals surface area (Å²) in [6.07, 6.45) is 1.03. The van der Waals surface area contributed by atoms with E-state index in [1.807, 2.05) is 20.8 Å². The van der Waals surface area contributed by atoms with Crippen molar-refractivity contribution in [3.63, 3.8) is 0 Å². The van der Waals surface area contributed by atoms with Gasteiger partial charge in [-0.3, -0.25) is 9.69 Å². The van der Waals surface area contributed by atoms with Crippen LogP contribution in [-0.4, -0.2) is 64.8 Å². The summed E-state index contributed by atoms with van der Waals surface area (Å²) in [6, 6.07) is 0.145. The van der Waals surface area contributed by atoms with Crippen molar-refractivity contribution in [1.29, 1.82) is 0 Å². The summed E-state index contributed by atoms with van der Waals surface area (Å²) < 4.78 is 5.38. The van der Waals surface area contributed by atoms with E-state index >= 15 is 0 Å². The van der Waals surface area contributed by atoms with Crippen molar-refractivity contribution in [1.82, 2.24) is 9.80 Å². The van der Waals surface area contributed by atoms with Gasteiger partial charge in [-0.2, -0.15) is 0 Å². The van der Waals surface area contributed by atoms with Crippen LogP contribution in [0.15, 0.2) is 0 Å². The van der Waals surface area contributed by atoms with E-state index in [1.54, 1.807) is 4.90 Å². The van der Waals surface area contributed by atoms with Crippen LogP contribution < -0.4 is 0 Å². The molecule has 6 heteroatoms. The zero-order valence-electron chi connectivity index (χ0n) is 12.5. The maximum atomic E-state index is 12.1. The van der Waals surface area contributed by atoms with Gasteiger partial charge >= 0.3 is 12.1 Å². The zero-order valence-corrected chi connectivity index (χ0v) is 12.5. The summed E-state index contributed by atoms with van der Waals surface area (Å²) in [5, 5.41) is 9.13. The molecule has 2 fully saturated rings. The highest BCUT2D eigenvalue weighted by atomic mass is 16.6. The molecule has 2 saturated heterocycles. The number of rotatable bonds is 1. The van der Waals surface area contributed by atoms with Gasteiger partial charge < -0.3 is 14.7 Å². The summed E-state index contributed by atoms with van der Waals surface area (Å²) in [7, 11) is 0. The molecule has 0 aromatic rings. The lowest BCUT2D eigenvalue weighted by Crippen LogP contribution is -2.58. The van der Waals surface area contributed by atoms with Crippen molar-refractivity contribution >= 4 is 12.1 Å². The molecule has 1 N–H and O–H groups in total. The van der Waals surface area contributed by atoms with E-state index in [-0.39, 0.29) is 18.1 Å². The Morgan fingerprint density at radius 3 is 2.50 bits per heavy atom. The molecule has 2 heterocycles. The first-order chi connectivity index (χ1) is 9.26. The van der Waals surface area contributed by atoms with Gasteiger partial charge in [0.15, 0.2) is 0 Å². The number of carbonyl (C=O) groups is 2. The van der Waals surface area contributed by atoms with Gasteiger partial charge in [-0.05, 0) is 40.2 Å². The maximum Gasteiger partial charge on any atom is 0.410 e. The number of hydrogen-bond acceptors (Lipinski definition) is 4. The first-order valence-electron chi connectivity index (χ1n) is 7.21. The number of piperazine rings is 1. The van der Waals surface area contributed by atoms with Crippen molar-refractivity contribution in [2.75, 3.05) is 26.2 Å². The van der Waals surface area contributed by atoms with Crippen LogP contribution in [-0.2, 0) is 9.53 Å². The van der Waals surface area contributed by atoms with Gasteiger partial charge in [-0.25, -0.2) is 4.79 Å². The lowest BCUT2D eigenvalue weighted by Gasteiger charge is -2.45. The van der Waals surface area contributed by atoms with Crippen LogP contribution in [0.2, 0.25) is 0 Å². The fourth-order valence-electron chi connectivity index (χ4n) is 2.90. The van der Waals surface area contributed by atoms with E-state index in [0.29, 0.717) is 25.9 Å². The van der Waals surface area contributed by atoms with Crippen LogP contribution in [0.1, 0.15) is 33.6 Å². The minimum absolute atomic E-state index is 0.145. The van der Waals surface area contributed by atoms with Crippen molar-refractivity contribution in [3.05, 3.63) is 0 Å². The standard InChI is InChI=1S/C14H24N2O4/c1-14(2,3)20-13(19)16-7-6-15-5-4-10(12(17)18)8-11(15)9-16/h10-11H,4-9H2,1-3H3,(H,17,18)/t10-,11-/m0/s1.